The second-order valence-corrected chi connectivity index (χ2v) is 35.9. The molecule has 2 aliphatic heterocycles. The molecule has 1 aliphatic carbocycles. The third kappa shape index (κ3) is 29.4. The minimum atomic E-state index is -1.88. The predicted octanol–water partition coefficient (Wildman–Crippen LogP) is 3.92. The number of nitrogens with zero attached hydrogens (tertiary/aromatic N) is 5. The van der Waals surface area contributed by atoms with E-state index in [0.717, 1.165) is 51.3 Å². The molecule has 10 rings (SSSR count). The van der Waals surface area contributed by atoms with E-state index >= 15 is 47.9 Å². The van der Waals surface area contributed by atoms with Gasteiger partial charge in [0.15, 0.2) is 0 Å². The molecule has 1 aromatic heterocycles. The maximum atomic E-state index is 15.7. The Kier molecular flexibility index (Phi) is 37.4. The van der Waals surface area contributed by atoms with Crippen LogP contribution in [0.2, 0.25) is 0 Å². The van der Waals surface area contributed by atoms with E-state index in [4.69, 9.17) is 5.73 Å². The Morgan fingerprint density at radius 1 is 0.511 bits per heavy atom. The lowest BCUT2D eigenvalue weighted by Gasteiger charge is -2.37. The van der Waals surface area contributed by atoms with Crippen LogP contribution >= 0.6 is 11.8 Å². The summed E-state index contributed by atoms with van der Waals surface area (Å²) >= 11 is 0.840. The maximum Gasteiger partial charge on any atom is 0.305 e. The molecule has 11 atom stereocenters. The van der Waals surface area contributed by atoms with Crippen LogP contribution < -0.4 is 58.5 Å². The number of H-pyrrole nitrogens is 1. The van der Waals surface area contributed by atoms with Gasteiger partial charge < -0.3 is 98.4 Å². The Morgan fingerprint density at radius 2 is 1.05 bits per heavy atom. The molecule has 1 saturated heterocycles. The van der Waals surface area contributed by atoms with Gasteiger partial charge in [0, 0.05) is 89.2 Å². The molecule has 3 heterocycles. The number of aryl methyl sites for hydroxylation is 1. The molecule has 6 aromatic carbocycles. The summed E-state index contributed by atoms with van der Waals surface area (Å²) in [5, 5.41) is 56.9. The number of benzene rings is 6. The quantitative estimate of drug-likeness (QED) is 0.0431. The Balaban J connectivity index is 1.04. The van der Waals surface area contributed by atoms with E-state index in [-0.39, 0.29) is 99.0 Å². The lowest BCUT2D eigenvalue weighted by molar-refractivity contribution is -0.151. The summed E-state index contributed by atoms with van der Waals surface area (Å²) in [6.07, 6.45) is 4.29. The maximum absolute atomic E-state index is 15.7. The fraction of sp³-hybridized carbons (Fsp3) is 0.443. The van der Waals surface area contributed by atoms with Gasteiger partial charge >= 0.3 is 5.97 Å². The fourth-order valence-corrected chi connectivity index (χ4v) is 17.9. The number of nitrogens with two attached hydrogens (primary N) is 1. The van der Waals surface area contributed by atoms with Gasteiger partial charge in [-0.2, -0.15) is 0 Å². The van der Waals surface area contributed by atoms with Crippen LogP contribution in [0.15, 0.2) is 164 Å². The highest BCUT2D eigenvalue weighted by molar-refractivity contribution is 8.00. The van der Waals surface area contributed by atoms with Gasteiger partial charge in [0.05, 0.1) is 31.0 Å². The number of primary amides is 1. The van der Waals surface area contributed by atoms with Crippen LogP contribution in [0.4, 0.5) is 5.69 Å². The largest absolute Gasteiger partial charge is 0.508 e. The number of thioether (sulfide) groups is 1. The van der Waals surface area contributed by atoms with Gasteiger partial charge in [-0.3, -0.25) is 76.7 Å². The van der Waals surface area contributed by atoms with Crippen LogP contribution in [0.5, 0.6) is 11.5 Å². The molecule has 0 radical (unpaired) electrons. The standard InChI is InChI=1S/C97H122N16O19S/c1-8-9-34-78-96(131)109(4)54-83(117)103-74(51-86(120)121)91(126)106-75(45-60-26-16-11-17-27-60)94(129)111(6)80(46-61-28-18-12-19-29-61)92(127)107-76-48-64-38-41-67(115)50-79(64)113(95(76)130)55-84(118)102-73(49-65-52-99-69-33-23-22-32-68(65)69)90(125)105-72(44-63-35-39-66(114)40-36-63)89(124)104-71(43-58(2)3)88(123)108-77(87(122)100-53-82(98)116)56-133-57-85(119)101-70(42-37-59-24-14-10-15-25-59)93(128)112(7)81(97(132)110(78)5)47-62-30-20-13-21-31-62/h10,12-15,18-25,28-33,35-36,38-41,50,52,58,60,70-78,80-81,99,114-115H,8-9,11,16-17,26-27,34,37,42-49,51,53-57H2,1-7H3,(H2,98,116)(H,100,122)(H,101,119)(H,102,118)(H,103,117)(H,104,124)(H,105,125)(H,106,126)(H,107,127)(H,108,123)(H,120,121)/t70-,71-,72-,73-,74-,75-,76-,77-,78-,80-,81-/m0/s1. The molecule has 3 aliphatic rings. The van der Waals surface area contributed by atoms with Crippen molar-refractivity contribution in [3.63, 3.8) is 0 Å². The van der Waals surface area contributed by atoms with Gasteiger partial charge in [-0.25, -0.2) is 0 Å². The van der Waals surface area contributed by atoms with Crippen molar-refractivity contribution in [2.45, 2.75) is 203 Å². The predicted molar refractivity (Wildman–Crippen MR) is 498 cm³/mol. The van der Waals surface area contributed by atoms with Crippen molar-refractivity contribution < 1.29 is 92.0 Å². The van der Waals surface area contributed by atoms with E-state index in [2.05, 4.69) is 52.8 Å². The third-order valence-corrected chi connectivity index (χ3v) is 25.3. The summed E-state index contributed by atoms with van der Waals surface area (Å²) in [5.41, 5.74) is 9.37. The van der Waals surface area contributed by atoms with Crippen LogP contribution in [0, 0.1) is 11.8 Å². The normalized spacial score (nSPS) is 22.6. The molecule has 36 heteroatoms. The van der Waals surface area contributed by atoms with Crippen molar-refractivity contribution in [1.29, 1.82) is 0 Å². The van der Waals surface area contributed by atoms with Gasteiger partial charge in [0.1, 0.15) is 84.5 Å². The molecule has 133 heavy (non-hydrogen) atoms. The zero-order valence-electron chi connectivity index (χ0n) is 76.0. The lowest BCUT2D eigenvalue weighted by atomic mass is 9.84. The number of carboxylic acids is 1. The number of hydrogen-bond acceptors (Lipinski definition) is 19. The average Bonchev–Trinajstić information content (AvgIpc) is 0.833. The molecule has 0 unspecified atom stereocenters. The average molecular weight is 1850 g/mol. The van der Waals surface area contributed by atoms with Crippen LogP contribution in [0.3, 0.4) is 0 Å². The first kappa shape index (κ1) is 101. The van der Waals surface area contributed by atoms with Crippen molar-refractivity contribution in [2.75, 3.05) is 64.2 Å². The first-order valence-corrected chi connectivity index (χ1v) is 46.2. The van der Waals surface area contributed by atoms with E-state index in [1.807, 2.05) is 19.1 Å². The summed E-state index contributed by atoms with van der Waals surface area (Å²) in [6.45, 7) is 3.01. The molecular formula is C97H122N16O19S. The first-order chi connectivity index (χ1) is 63.6. The van der Waals surface area contributed by atoms with Crippen LogP contribution in [-0.2, 0) is 115 Å². The smallest absolute Gasteiger partial charge is 0.305 e. The van der Waals surface area contributed by atoms with Crippen molar-refractivity contribution in [2.24, 2.45) is 17.6 Å². The topological polar surface area (TPSA) is 500 Å². The van der Waals surface area contributed by atoms with Gasteiger partial charge in [-0.05, 0) is 102 Å². The number of para-hydroxylation sites is 1. The zero-order valence-corrected chi connectivity index (χ0v) is 76.8. The van der Waals surface area contributed by atoms with E-state index in [1.54, 1.807) is 123 Å². The Morgan fingerprint density at radius 3 is 1.69 bits per heavy atom. The van der Waals surface area contributed by atoms with Crippen molar-refractivity contribution in [3.05, 3.63) is 197 Å². The minimum absolute atomic E-state index is 0.000491. The number of rotatable bonds is 23. The molecule has 710 valence electrons. The highest BCUT2D eigenvalue weighted by Gasteiger charge is 2.44. The number of nitrogens with one attached hydrogen (secondary N) is 10. The first-order valence-electron chi connectivity index (χ1n) is 45.0. The molecule has 0 spiro atoms. The van der Waals surface area contributed by atoms with Gasteiger partial charge in [-0.15, -0.1) is 11.8 Å². The number of phenolic OH excluding ortho intramolecular Hbond substituents is 2. The highest BCUT2D eigenvalue weighted by Crippen LogP contribution is 2.34. The van der Waals surface area contributed by atoms with E-state index in [1.165, 1.54) is 80.5 Å². The molecule has 2 bridgehead atoms. The SMILES string of the molecule is CCCC[C@H]1C(=O)N(C)CC(=O)N[C@@H](CC(=O)O)C(=O)N[C@@H](CC2CCCCC2)C(=O)N(C)[C@@H](Cc2ccccc2)C(=O)N[C@H]2Cc3ccc(O)cc3N(CC(=O)N[C@@H](Cc3c[nH]c4ccccc34)C(=O)N[C@@H](Cc3ccc(O)cc3)C(=O)N[C@@H](CC(C)C)C(=O)N[C@H](C(=O)NCC(N)=O)CSCC(=O)N[C@@H](CCc3ccccc3)C(=O)N(C)[C@@H](Cc3ccccc3)C(=O)N1C)C2=O. The summed E-state index contributed by atoms with van der Waals surface area (Å²) in [6, 6.07) is 26.5. The Labute approximate surface area is 776 Å². The van der Waals surface area contributed by atoms with Crippen LogP contribution in [0.1, 0.15) is 131 Å². The number of fused-ring (bicyclic) bond motifs is 5. The number of aromatic nitrogens is 1. The number of aromatic hydroxyl groups is 2. The molecule has 7 aromatic rings. The monoisotopic (exact) mass is 1850 g/mol. The number of carbonyl (C=O) groups is 16. The van der Waals surface area contributed by atoms with Gasteiger partial charge in [-0.1, -0.05) is 193 Å². The minimum Gasteiger partial charge on any atom is -0.508 e. The third-order valence-electron chi connectivity index (χ3n) is 24.2. The molecule has 15 amide bonds. The van der Waals surface area contributed by atoms with E-state index in [9.17, 15) is 44.1 Å². The Bertz CT molecular complexity index is 5270. The molecular weight excluding hydrogens is 1730 g/mol. The number of carboxylic acid groups (broad SMARTS) is 1. The number of aromatic amines is 1. The second kappa shape index (κ2) is 49.0. The molecule has 35 nitrogen and oxygen atoms in total. The summed E-state index contributed by atoms with van der Waals surface area (Å²) < 4.78 is 0. The summed E-state index contributed by atoms with van der Waals surface area (Å²) in [5.74, 6) is -16.7. The number of likely N-dealkylation sites (N-methyl/N-ethyl adjacent to an activating group) is 4. The number of aliphatic carboxylic acids is 1. The number of phenols is 2. The number of anilines is 1. The zero-order chi connectivity index (χ0) is 96.1. The molecule has 15 N–H and O–H groups in total. The van der Waals surface area contributed by atoms with E-state index < -0.39 is 193 Å². The second-order valence-electron chi connectivity index (χ2n) is 34.8. The number of unbranched alkanes of at least 4 members (excludes halogenated alkanes) is 1. The van der Waals surface area contributed by atoms with E-state index in [0.29, 0.717) is 64.4 Å². The number of carbonyl (C=O) groups excluding carboxylic acids is 15. The van der Waals surface area contributed by atoms with Crippen molar-refractivity contribution in [1.82, 2.24) is 72.4 Å². The summed E-state index contributed by atoms with van der Waals surface area (Å²) in [7, 11) is 5.40. The highest BCUT2D eigenvalue weighted by atomic mass is 32.2. The van der Waals surface area contributed by atoms with Crippen LogP contribution in [0.25, 0.3) is 10.9 Å². The van der Waals surface area contributed by atoms with Gasteiger partial charge in [0.2, 0.25) is 88.6 Å². The fourth-order valence-electron chi connectivity index (χ4n) is 17.0. The molecule has 1 saturated carbocycles. The summed E-state index contributed by atoms with van der Waals surface area (Å²) in [4.78, 5) is 246. The van der Waals surface area contributed by atoms with Crippen molar-refractivity contribution in [3.8, 4) is 11.5 Å². The lowest BCUT2D eigenvalue weighted by Crippen LogP contribution is -2.61. The Hall–Kier alpha value is -13.7. The van der Waals surface area contributed by atoms with Crippen molar-refractivity contribution >= 4 is 123 Å². The number of amides is 15. The number of hydrogen-bond donors (Lipinski definition) is 14. The molecule has 2 fully saturated rings. The van der Waals surface area contributed by atoms with Crippen LogP contribution in [-0.4, -0.2) is 260 Å². The van der Waals surface area contributed by atoms with Gasteiger partial charge in [0.25, 0.3) is 0 Å².